The standard InChI is InChI=1S/C29H35N5O2S/c1-19(2)15-16-33-27(36)24-14-13-22(26(35)30-23-7-5-4-6-8-23)17-25(24)34-28(33)31-32-29(34)37-18-21-11-9-20(3)10-12-21/h9-14,17,19,23H,4-8,15-16,18H2,1-3H3,(H,30,35). The van der Waals surface area contributed by atoms with E-state index in [4.69, 9.17) is 0 Å². The lowest BCUT2D eigenvalue weighted by Crippen LogP contribution is -2.36. The first-order valence-corrected chi connectivity index (χ1v) is 14.3. The zero-order valence-electron chi connectivity index (χ0n) is 21.9. The van der Waals surface area contributed by atoms with Crippen LogP contribution in [-0.2, 0) is 12.3 Å². The summed E-state index contributed by atoms with van der Waals surface area (Å²) < 4.78 is 3.68. The van der Waals surface area contributed by atoms with Crippen molar-refractivity contribution in [1.29, 1.82) is 0 Å². The van der Waals surface area contributed by atoms with Crippen LogP contribution in [0, 0.1) is 12.8 Å². The van der Waals surface area contributed by atoms with E-state index >= 15 is 0 Å². The van der Waals surface area contributed by atoms with Gasteiger partial charge in [0.05, 0.1) is 10.9 Å². The highest BCUT2D eigenvalue weighted by molar-refractivity contribution is 7.98. The minimum atomic E-state index is -0.0927. The van der Waals surface area contributed by atoms with Crippen LogP contribution < -0.4 is 10.9 Å². The van der Waals surface area contributed by atoms with E-state index in [0.29, 0.717) is 39.9 Å². The van der Waals surface area contributed by atoms with Gasteiger partial charge in [-0.05, 0) is 55.9 Å². The molecule has 2 aromatic carbocycles. The maximum Gasteiger partial charge on any atom is 0.262 e. The first kappa shape index (κ1) is 25.5. The van der Waals surface area contributed by atoms with Gasteiger partial charge in [-0.25, -0.2) is 0 Å². The Labute approximate surface area is 221 Å². The zero-order chi connectivity index (χ0) is 25.9. The number of thioether (sulfide) groups is 1. The molecule has 0 atom stereocenters. The molecule has 2 aromatic heterocycles. The summed E-state index contributed by atoms with van der Waals surface area (Å²) in [6, 6.07) is 14.1. The third-order valence-corrected chi connectivity index (χ3v) is 8.19. The van der Waals surface area contributed by atoms with Gasteiger partial charge in [0.2, 0.25) is 5.78 Å². The monoisotopic (exact) mass is 517 g/mol. The molecule has 0 aliphatic heterocycles. The molecule has 37 heavy (non-hydrogen) atoms. The summed E-state index contributed by atoms with van der Waals surface area (Å²) in [6.45, 7) is 6.94. The number of carbonyl (C=O) groups is 1. The Kier molecular flexibility index (Phi) is 7.65. The van der Waals surface area contributed by atoms with E-state index in [-0.39, 0.29) is 17.5 Å². The first-order chi connectivity index (χ1) is 17.9. The van der Waals surface area contributed by atoms with Crippen molar-refractivity contribution in [2.75, 3.05) is 0 Å². The van der Waals surface area contributed by atoms with Gasteiger partial charge in [-0.3, -0.25) is 18.6 Å². The first-order valence-electron chi connectivity index (χ1n) is 13.3. The molecule has 8 heteroatoms. The maximum absolute atomic E-state index is 13.5. The normalized spacial score (nSPS) is 14.6. The van der Waals surface area contributed by atoms with Crippen LogP contribution in [0.4, 0.5) is 0 Å². The molecule has 0 unspecified atom stereocenters. The van der Waals surface area contributed by atoms with Gasteiger partial charge in [-0.15, -0.1) is 10.2 Å². The van der Waals surface area contributed by atoms with Crippen LogP contribution >= 0.6 is 11.8 Å². The van der Waals surface area contributed by atoms with E-state index in [1.807, 2.05) is 10.5 Å². The van der Waals surface area contributed by atoms with Crippen molar-refractivity contribution in [3.05, 3.63) is 69.5 Å². The number of nitrogens with one attached hydrogen (secondary N) is 1. The van der Waals surface area contributed by atoms with E-state index in [2.05, 4.69) is 60.6 Å². The number of aromatic nitrogens is 4. The Morgan fingerprint density at radius 2 is 1.84 bits per heavy atom. The van der Waals surface area contributed by atoms with Crippen molar-refractivity contribution in [3.63, 3.8) is 0 Å². The van der Waals surface area contributed by atoms with Gasteiger partial charge in [-0.2, -0.15) is 0 Å². The van der Waals surface area contributed by atoms with Gasteiger partial charge in [0.25, 0.3) is 11.5 Å². The number of fused-ring (bicyclic) bond motifs is 3. The highest BCUT2D eigenvalue weighted by Crippen LogP contribution is 2.26. The molecule has 1 aliphatic rings. The van der Waals surface area contributed by atoms with Gasteiger partial charge in [-0.1, -0.05) is 74.7 Å². The van der Waals surface area contributed by atoms with Crippen LogP contribution in [0.3, 0.4) is 0 Å². The predicted octanol–water partition coefficient (Wildman–Crippen LogP) is 5.75. The molecule has 1 N–H and O–H groups in total. The quantitative estimate of drug-likeness (QED) is 0.301. The van der Waals surface area contributed by atoms with Crippen molar-refractivity contribution in [2.24, 2.45) is 5.92 Å². The van der Waals surface area contributed by atoms with Crippen molar-refractivity contribution >= 4 is 34.3 Å². The minimum Gasteiger partial charge on any atom is -0.349 e. The summed E-state index contributed by atoms with van der Waals surface area (Å²) in [4.78, 5) is 26.7. The van der Waals surface area contributed by atoms with Crippen molar-refractivity contribution < 1.29 is 4.79 Å². The average Bonchev–Trinajstić information content (AvgIpc) is 3.32. The molecular weight excluding hydrogens is 482 g/mol. The topological polar surface area (TPSA) is 81.3 Å². The van der Waals surface area contributed by atoms with Crippen LogP contribution in [0.5, 0.6) is 0 Å². The zero-order valence-corrected chi connectivity index (χ0v) is 22.7. The van der Waals surface area contributed by atoms with Gasteiger partial charge in [0.1, 0.15) is 0 Å². The van der Waals surface area contributed by atoms with Gasteiger partial charge >= 0.3 is 0 Å². The van der Waals surface area contributed by atoms with Crippen LogP contribution in [0.25, 0.3) is 16.7 Å². The molecule has 0 bridgehead atoms. The summed E-state index contributed by atoms with van der Waals surface area (Å²) in [5.41, 5.74) is 3.55. The molecule has 0 radical (unpaired) electrons. The van der Waals surface area contributed by atoms with E-state index in [9.17, 15) is 9.59 Å². The molecule has 0 spiro atoms. The summed E-state index contributed by atoms with van der Waals surface area (Å²) in [7, 11) is 0. The Morgan fingerprint density at radius 3 is 2.57 bits per heavy atom. The lowest BCUT2D eigenvalue weighted by Gasteiger charge is -2.22. The van der Waals surface area contributed by atoms with Gasteiger partial charge in [0.15, 0.2) is 5.16 Å². The second-order valence-electron chi connectivity index (χ2n) is 10.6. The Morgan fingerprint density at radius 1 is 1.08 bits per heavy atom. The van der Waals surface area contributed by atoms with Crippen molar-refractivity contribution in [3.8, 4) is 0 Å². The number of amides is 1. The van der Waals surface area contributed by atoms with E-state index < -0.39 is 0 Å². The number of aryl methyl sites for hydroxylation is 2. The fourth-order valence-corrected chi connectivity index (χ4v) is 5.85. The molecular formula is C29H35N5O2S. The molecule has 2 heterocycles. The maximum atomic E-state index is 13.5. The fraction of sp³-hybridized carbons (Fsp3) is 0.448. The van der Waals surface area contributed by atoms with Crippen LogP contribution in [-0.4, -0.2) is 31.1 Å². The summed E-state index contributed by atoms with van der Waals surface area (Å²) in [6.07, 6.45) is 6.45. The third kappa shape index (κ3) is 5.59. The van der Waals surface area contributed by atoms with Gasteiger partial charge < -0.3 is 5.32 Å². The van der Waals surface area contributed by atoms with Crippen molar-refractivity contribution in [1.82, 2.24) is 24.5 Å². The highest BCUT2D eigenvalue weighted by atomic mass is 32.2. The third-order valence-electron chi connectivity index (χ3n) is 7.19. The number of benzene rings is 2. The molecule has 1 saturated carbocycles. The molecule has 1 aliphatic carbocycles. The second-order valence-corrected chi connectivity index (χ2v) is 11.5. The Hall–Kier alpha value is -3.13. The summed E-state index contributed by atoms with van der Waals surface area (Å²) in [5, 5.41) is 13.4. The summed E-state index contributed by atoms with van der Waals surface area (Å²) >= 11 is 1.59. The fourth-order valence-electron chi connectivity index (χ4n) is 4.95. The number of hydrogen-bond donors (Lipinski definition) is 1. The van der Waals surface area contributed by atoms with Crippen molar-refractivity contribution in [2.45, 2.75) is 82.8 Å². The lowest BCUT2D eigenvalue weighted by molar-refractivity contribution is 0.0928. The van der Waals surface area contributed by atoms with Crippen LogP contribution in [0.2, 0.25) is 0 Å². The number of carbonyl (C=O) groups excluding carboxylic acids is 1. The van der Waals surface area contributed by atoms with E-state index in [1.165, 1.54) is 17.5 Å². The molecule has 194 valence electrons. The molecule has 1 amide bonds. The summed E-state index contributed by atoms with van der Waals surface area (Å²) in [5.74, 6) is 1.62. The molecule has 7 nitrogen and oxygen atoms in total. The smallest absolute Gasteiger partial charge is 0.262 e. The average molecular weight is 518 g/mol. The lowest BCUT2D eigenvalue weighted by atomic mass is 9.95. The number of nitrogens with zero attached hydrogens (tertiary/aromatic N) is 4. The largest absolute Gasteiger partial charge is 0.349 e. The highest BCUT2D eigenvalue weighted by Gasteiger charge is 2.21. The Bertz CT molecular complexity index is 1470. The molecule has 1 fully saturated rings. The van der Waals surface area contributed by atoms with E-state index in [1.54, 1.807) is 28.5 Å². The predicted molar refractivity (Wildman–Crippen MR) is 149 cm³/mol. The SMILES string of the molecule is Cc1ccc(CSc2nnc3n(CCC(C)C)c(=O)c4ccc(C(=O)NC5CCCCC5)cc4n23)cc1. The minimum absolute atomic E-state index is 0.0899. The van der Waals surface area contributed by atoms with E-state index in [0.717, 1.165) is 37.9 Å². The Balaban J connectivity index is 1.56. The van der Waals surface area contributed by atoms with Crippen LogP contribution in [0.15, 0.2) is 52.4 Å². The molecule has 0 saturated heterocycles. The number of rotatable bonds is 8. The number of hydrogen-bond acceptors (Lipinski definition) is 5. The second kappa shape index (κ2) is 11.1. The molecule has 5 rings (SSSR count). The van der Waals surface area contributed by atoms with Gasteiger partial charge in [0, 0.05) is 23.9 Å². The molecule has 4 aromatic rings. The van der Waals surface area contributed by atoms with Crippen LogP contribution in [0.1, 0.15) is 73.9 Å².